The molecular weight excluding hydrogens is 354 g/mol. The Balaban J connectivity index is 3.00. The van der Waals surface area contributed by atoms with Crippen LogP contribution in [0.1, 0.15) is 161 Å². The van der Waals surface area contributed by atoms with E-state index in [4.69, 9.17) is 5.73 Å². The molecule has 0 saturated carbocycles. The Morgan fingerprint density at radius 3 is 0.931 bits per heavy atom. The van der Waals surface area contributed by atoms with Crippen molar-refractivity contribution < 1.29 is 5.11 Å². The van der Waals surface area contributed by atoms with E-state index < -0.39 is 0 Å². The lowest BCUT2D eigenvalue weighted by atomic mass is 10.0. The number of hydrogen-bond donors (Lipinski definition) is 2. The second-order valence-corrected chi connectivity index (χ2v) is 9.46. The van der Waals surface area contributed by atoms with Crippen molar-refractivity contribution in [1.29, 1.82) is 0 Å². The molecule has 2 heteroatoms. The number of aliphatic hydroxyl groups excluding tert-OH is 1. The minimum Gasteiger partial charge on any atom is -0.392 e. The van der Waals surface area contributed by atoms with Crippen LogP contribution in [0.15, 0.2) is 0 Å². The van der Waals surface area contributed by atoms with Crippen LogP contribution in [-0.4, -0.2) is 17.8 Å². The fourth-order valence-corrected chi connectivity index (χ4v) is 4.28. The van der Waals surface area contributed by atoms with E-state index in [1.54, 1.807) is 0 Å². The van der Waals surface area contributed by atoms with Crippen LogP contribution in [0.2, 0.25) is 0 Å². The van der Waals surface area contributed by atoms with E-state index in [1.165, 1.54) is 141 Å². The molecule has 0 rings (SSSR count). The third kappa shape index (κ3) is 25.9. The normalized spacial score (nSPS) is 12.5. The molecule has 0 aromatic carbocycles. The molecule has 0 aromatic rings. The highest BCUT2D eigenvalue weighted by atomic mass is 16.3. The molecule has 2 nitrogen and oxygen atoms in total. The van der Waals surface area contributed by atoms with Crippen molar-refractivity contribution in [2.75, 3.05) is 6.54 Å². The Kier molecular flexibility index (Phi) is 25.9. The van der Waals surface area contributed by atoms with Crippen LogP contribution in [0.4, 0.5) is 0 Å². The van der Waals surface area contributed by atoms with Crippen molar-refractivity contribution in [3.05, 3.63) is 0 Å². The Morgan fingerprint density at radius 1 is 0.448 bits per heavy atom. The van der Waals surface area contributed by atoms with Crippen molar-refractivity contribution in [3.8, 4) is 0 Å². The van der Waals surface area contributed by atoms with E-state index in [-0.39, 0.29) is 6.10 Å². The molecule has 1 unspecified atom stereocenters. The lowest BCUT2D eigenvalue weighted by molar-refractivity contribution is 0.168. The Hall–Kier alpha value is -0.0800. The topological polar surface area (TPSA) is 46.2 Å². The fourth-order valence-electron chi connectivity index (χ4n) is 4.28. The van der Waals surface area contributed by atoms with E-state index in [0.717, 1.165) is 12.8 Å². The maximum Gasteiger partial charge on any atom is 0.0662 e. The molecule has 176 valence electrons. The molecule has 29 heavy (non-hydrogen) atoms. The second-order valence-electron chi connectivity index (χ2n) is 9.46. The smallest absolute Gasteiger partial charge is 0.0662 e. The Morgan fingerprint density at radius 2 is 0.690 bits per heavy atom. The highest BCUT2D eigenvalue weighted by Gasteiger charge is 2.00. The van der Waals surface area contributed by atoms with Gasteiger partial charge in [0.2, 0.25) is 0 Å². The molecular formula is C27H57NO. The highest BCUT2D eigenvalue weighted by molar-refractivity contribution is 4.56. The first-order valence-corrected chi connectivity index (χ1v) is 13.7. The summed E-state index contributed by atoms with van der Waals surface area (Å²) in [5, 5.41) is 9.40. The van der Waals surface area contributed by atoms with Gasteiger partial charge in [-0.1, -0.05) is 155 Å². The first-order valence-electron chi connectivity index (χ1n) is 13.7. The van der Waals surface area contributed by atoms with Crippen LogP contribution < -0.4 is 5.73 Å². The predicted octanol–water partition coefficient (Wildman–Crippen LogP) is 8.69. The molecule has 0 saturated heterocycles. The average molecular weight is 412 g/mol. The van der Waals surface area contributed by atoms with Gasteiger partial charge in [0.15, 0.2) is 0 Å². The Labute approximate surface area is 184 Å². The van der Waals surface area contributed by atoms with E-state index in [9.17, 15) is 5.11 Å². The summed E-state index contributed by atoms with van der Waals surface area (Å²) in [6, 6.07) is 0. The SMILES string of the molecule is CCCCCCCCCCCCCCCCCCCCCCCCCC(O)CN. The number of aliphatic hydroxyl groups is 1. The summed E-state index contributed by atoms with van der Waals surface area (Å²) < 4.78 is 0. The van der Waals surface area contributed by atoms with Gasteiger partial charge < -0.3 is 10.8 Å². The molecule has 3 N–H and O–H groups in total. The summed E-state index contributed by atoms with van der Waals surface area (Å²) in [4.78, 5) is 0. The van der Waals surface area contributed by atoms with Crippen LogP contribution in [0.25, 0.3) is 0 Å². The van der Waals surface area contributed by atoms with Gasteiger partial charge in [0.05, 0.1) is 6.10 Å². The maximum absolute atomic E-state index is 9.40. The van der Waals surface area contributed by atoms with Gasteiger partial charge >= 0.3 is 0 Å². The van der Waals surface area contributed by atoms with Gasteiger partial charge in [-0.3, -0.25) is 0 Å². The molecule has 0 aliphatic rings. The largest absolute Gasteiger partial charge is 0.392 e. The molecule has 0 fully saturated rings. The standard InChI is InChI=1S/C27H57NO/c1-2-3-4-5-6-7-8-9-10-11-12-13-14-15-16-17-18-19-20-21-22-23-24-25-27(29)26-28/h27,29H,2-26,28H2,1H3. The molecule has 0 aliphatic heterocycles. The van der Waals surface area contributed by atoms with Crippen molar-refractivity contribution in [1.82, 2.24) is 0 Å². The van der Waals surface area contributed by atoms with Gasteiger partial charge in [0, 0.05) is 6.54 Å². The molecule has 0 spiro atoms. The molecule has 0 radical (unpaired) electrons. The monoisotopic (exact) mass is 411 g/mol. The molecule has 0 aromatic heterocycles. The lowest BCUT2D eigenvalue weighted by Crippen LogP contribution is -2.19. The summed E-state index contributed by atoms with van der Waals surface area (Å²) in [7, 11) is 0. The van der Waals surface area contributed by atoms with Crippen molar-refractivity contribution in [2.24, 2.45) is 5.73 Å². The van der Waals surface area contributed by atoms with E-state index in [0.29, 0.717) is 6.54 Å². The van der Waals surface area contributed by atoms with Crippen LogP contribution >= 0.6 is 0 Å². The molecule has 1 atom stereocenters. The van der Waals surface area contributed by atoms with Gasteiger partial charge in [-0.05, 0) is 6.42 Å². The quantitative estimate of drug-likeness (QED) is 0.148. The van der Waals surface area contributed by atoms with Crippen LogP contribution in [0, 0.1) is 0 Å². The second kappa shape index (κ2) is 26.0. The lowest BCUT2D eigenvalue weighted by Gasteiger charge is -2.06. The number of hydrogen-bond acceptors (Lipinski definition) is 2. The minimum absolute atomic E-state index is 0.273. The van der Waals surface area contributed by atoms with Crippen molar-refractivity contribution in [2.45, 2.75) is 167 Å². The van der Waals surface area contributed by atoms with Gasteiger partial charge in [0.25, 0.3) is 0 Å². The predicted molar refractivity (Wildman–Crippen MR) is 132 cm³/mol. The fraction of sp³-hybridized carbons (Fsp3) is 1.00. The zero-order valence-corrected chi connectivity index (χ0v) is 20.3. The van der Waals surface area contributed by atoms with Crippen LogP contribution in [0.3, 0.4) is 0 Å². The van der Waals surface area contributed by atoms with Crippen molar-refractivity contribution in [3.63, 3.8) is 0 Å². The van der Waals surface area contributed by atoms with Crippen LogP contribution in [-0.2, 0) is 0 Å². The van der Waals surface area contributed by atoms with Gasteiger partial charge in [-0.15, -0.1) is 0 Å². The molecule has 0 aliphatic carbocycles. The van der Waals surface area contributed by atoms with Crippen LogP contribution in [0.5, 0.6) is 0 Å². The first-order chi connectivity index (χ1) is 14.3. The summed E-state index contributed by atoms with van der Waals surface area (Å²) >= 11 is 0. The summed E-state index contributed by atoms with van der Waals surface area (Å²) in [5.41, 5.74) is 5.42. The average Bonchev–Trinajstić information content (AvgIpc) is 2.74. The summed E-state index contributed by atoms with van der Waals surface area (Å²) in [5.74, 6) is 0. The van der Waals surface area contributed by atoms with E-state index >= 15 is 0 Å². The molecule has 0 bridgehead atoms. The first kappa shape index (κ1) is 28.9. The third-order valence-corrected chi connectivity index (χ3v) is 6.41. The zero-order valence-electron chi connectivity index (χ0n) is 20.3. The van der Waals surface area contributed by atoms with Gasteiger partial charge in [-0.25, -0.2) is 0 Å². The Bertz CT molecular complexity index is 282. The zero-order chi connectivity index (χ0) is 21.3. The summed E-state index contributed by atoms with van der Waals surface area (Å²) in [6.45, 7) is 2.71. The third-order valence-electron chi connectivity index (χ3n) is 6.41. The van der Waals surface area contributed by atoms with E-state index in [1.807, 2.05) is 0 Å². The molecule has 0 amide bonds. The summed E-state index contributed by atoms with van der Waals surface area (Å²) in [6.07, 6.45) is 33.3. The number of nitrogens with two attached hydrogens (primary N) is 1. The van der Waals surface area contributed by atoms with E-state index in [2.05, 4.69) is 6.92 Å². The maximum atomic E-state index is 9.40. The van der Waals surface area contributed by atoms with Gasteiger partial charge in [0.1, 0.15) is 0 Å². The minimum atomic E-state index is -0.273. The van der Waals surface area contributed by atoms with Gasteiger partial charge in [-0.2, -0.15) is 0 Å². The number of rotatable bonds is 25. The van der Waals surface area contributed by atoms with Crippen molar-refractivity contribution >= 4 is 0 Å². The highest BCUT2D eigenvalue weighted by Crippen LogP contribution is 2.15. The molecule has 0 heterocycles. The number of unbranched alkanes of at least 4 members (excludes halogenated alkanes) is 22.